The van der Waals surface area contributed by atoms with Crippen LogP contribution in [0.5, 0.6) is 0 Å². The second-order valence-electron chi connectivity index (χ2n) is 6.38. The maximum Gasteiger partial charge on any atom is 0.0819 e. The van der Waals surface area contributed by atoms with Gasteiger partial charge in [0.25, 0.3) is 0 Å². The minimum atomic E-state index is -0.397. The highest BCUT2D eigenvalue weighted by Gasteiger charge is 2.26. The van der Waals surface area contributed by atoms with Crippen LogP contribution in [-0.4, -0.2) is 28.1 Å². The SMILES string of the molecule is Cc1cccnc1CN1CCC(C(O)c2ccc(Cl)cc2)CC1. The first kappa shape index (κ1) is 16.4. The molecule has 1 fully saturated rings. The number of benzene rings is 1. The number of pyridine rings is 1. The molecule has 4 heteroatoms. The summed E-state index contributed by atoms with van der Waals surface area (Å²) in [7, 11) is 0. The van der Waals surface area contributed by atoms with E-state index in [0.717, 1.165) is 43.7 Å². The Kier molecular flexibility index (Phi) is 5.31. The van der Waals surface area contributed by atoms with E-state index in [9.17, 15) is 5.11 Å². The summed E-state index contributed by atoms with van der Waals surface area (Å²) in [4.78, 5) is 6.91. The minimum Gasteiger partial charge on any atom is -0.388 e. The number of halogens is 1. The summed E-state index contributed by atoms with van der Waals surface area (Å²) < 4.78 is 0. The van der Waals surface area contributed by atoms with E-state index in [-0.39, 0.29) is 0 Å². The summed E-state index contributed by atoms with van der Waals surface area (Å²) in [6.07, 6.45) is 3.48. The average molecular weight is 331 g/mol. The summed E-state index contributed by atoms with van der Waals surface area (Å²) in [6.45, 7) is 5.02. The van der Waals surface area contributed by atoms with Crippen molar-refractivity contribution >= 4 is 11.6 Å². The molecule has 2 aromatic rings. The number of piperidine rings is 1. The van der Waals surface area contributed by atoms with Crippen molar-refractivity contribution in [1.29, 1.82) is 0 Å². The van der Waals surface area contributed by atoms with Gasteiger partial charge in [-0.25, -0.2) is 0 Å². The van der Waals surface area contributed by atoms with Crippen LogP contribution in [0.25, 0.3) is 0 Å². The first-order valence-electron chi connectivity index (χ1n) is 8.20. The molecular formula is C19H23ClN2O. The van der Waals surface area contributed by atoms with Crippen molar-refractivity contribution in [3.05, 3.63) is 64.4 Å². The molecule has 122 valence electrons. The number of hydrogen-bond acceptors (Lipinski definition) is 3. The molecule has 1 aromatic carbocycles. The molecule has 23 heavy (non-hydrogen) atoms. The standard InChI is InChI=1S/C19H23ClN2O/c1-14-3-2-10-21-18(14)13-22-11-8-16(9-12-22)19(23)15-4-6-17(20)7-5-15/h2-7,10,16,19,23H,8-9,11-13H2,1H3. The fourth-order valence-electron chi connectivity index (χ4n) is 3.25. The van der Waals surface area contributed by atoms with Crippen LogP contribution in [0.1, 0.15) is 35.8 Å². The molecule has 0 bridgehead atoms. The van der Waals surface area contributed by atoms with Crippen molar-refractivity contribution in [2.45, 2.75) is 32.4 Å². The maximum atomic E-state index is 10.6. The second-order valence-corrected chi connectivity index (χ2v) is 6.81. The van der Waals surface area contributed by atoms with Crippen molar-refractivity contribution in [1.82, 2.24) is 9.88 Å². The molecule has 0 saturated carbocycles. The van der Waals surface area contributed by atoms with Gasteiger partial charge in [0.15, 0.2) is 0 Å². The van der Waals surface area contributed by atoms with E-state index in [1.54, 1.807) is 0 Å². The quantitative estimate of drug-likeness (QED) is 0.920. The molecule has 1 aliphatic heterocycles. The van der Waals surface area contributed by atoms with E-state index >= 15 is 0 Å². The van der Waals surface area contributed by atoms with Crippen molar-refractivity contribution in [3.63, 3.8) is 0 Å². The zero-order valence-electron chi connectivity index (χ0n) is 13.5. The third kappa shape index (κ3) is 4.11. The Bertz CT molecular complexity index is 636. The Hall–Kier alpha value is -1.42. The maximum absolute atomic E-state index is 10.6. The largest absolute Gasteiger partial charge is 0.388 e. The highest BCUT2D eigenvalue weighted by molar-refractivity contribution is 6.30. The molecular weight excluding hydrogens is 308 g/mol. The second kappa shape index (κ2) is 7.43. The summed E-state index contributed by atoms with van der Waals surface area (Å²) in [5.74, 6) is 0.317. The van der Waals surface area contributed by atoms with Gasteiger partial charge in [0.05, 0.1) is 11.8 Å². The number of nitrogens with zero attached hydrogens (tertiary/aromatic N) is 2. The molecule has 1 saturated heterocycles. The molecule has 3 rings (SSSR count). The van der Waals surface area contributed by atoms with Crippen molar-refractivity contribution in [2.75, 3.05) is 13.1 Å². The smallest absolute Gasteiger partial charge is 0.0819 e. The fraction of sp³-hybridized carbons (Fsp3) is 0.421. The average Bonchev–Trinajstić information content (AvgIpc) is 2.58. The van der Waals surface area contributed by atoms with Crippen LogP contribution in [0, 0.1) is 12.8 Å². The van der Waals surface area contributed by atoms with Crippen LogP contribution in [0.3, 0.4) is 0 Å². The lowest BCUT2D eigenvalue weighted by molar-refractivity contribution is 0.0564. The normalized spacial score (nSPS) is 18.0. The monoisotopic (exact) mass is 330 g/mol. The van der Waals surface area contributed by atoms with Crippen molar-refractivity contribution in [2.24, 2.45) is 5.92 Å². The van der Waals surface area contributed by atoms with Gasteiger partial charge < -0.3 is 5.11 Å². The van der Waals surface area contributed by atoms with Crippen LogP contribution in [0.2, 0.25) is 5.02 Å². The van der Waals surface area contributed by atoms with E-state index in [1.165, 1.54) is 5.56 Å². The Morgan fingerprint density at radius 2 is 1.91 bits per heavy atom. The zero-order chi connectivity index (χ0) is 16.2. The summed E-state index contributed by atoms with van der Waals surface area (Å²) >= 11 is 5.92. The predicted octanol–water partition coefficient (Wildman–Crippen LogP) is 3.99. The molecule has 2 heterocycles. The van der Waals surface area contributed by atoms with Gasteiger partial charge in [-0.2, -0.15) is 0 Å². The highest BCUT2D eigenvalue weighted by Crippen LogP contribution is 2.31. The molecule has 3 nitrogen and oxygen atoms in total. The number of hydrogen-bond donors (Lipinski definition) is 1. The molecule has 1 N–H and O–H groups in total. The lowest BCUT2D eigenvalue weighted by Gasteiger charge is -2.34. The van der Waals surface area contributed by atoms with Gasteiger partial charge in [-0.3, -0.25) is 9.88 Å². The molecule has 0 radical (unpaired) electrons. The molecule has 0 amide bonds. The lowest BCUT2D eigenvalue weighted by atomic mass is 9.87. The Morgan fingerprint density at radius 1 is 1.22 bits per heavy atom. The number of aliphatic hydroxyl groups excluding tert-OH is 1. The molecule has 1 aromatic heterocycles. The number of likely N-dealkylation sites (tertiary alicyclic amines) is 1. The topological polar surface area (TPSA) is 36.4 Å². The molecule has 1 aliphatic rings. The van der Waals surface area contributed by atoms with E-state index in [1.807, 2.05) is 36.5 Å². The first-order valence-corrected chi connectivity index (χ1v) is 8.57. The number of aromatic nitrogens is 1. The third-order valence-corrected chi connectivity index (χ3v) is 5.03. The zero-order valence-corrected chi connectivity index (χ0v) is 14.2. The number of aryl methyl sites for hydroxylation is 1. The molecule has 0 spiro atoms. The third-order valence-electron chi connectivity index (χ3n) is 4.78. The van der Waals surface area contributed by atoms with Gasteiger partial charge in [0.2, 0.25) is 0 Å². The Balaban J connectivity index is 1.56. The van der Waals surface area contributed by atoms with Crippen molar-refractivity contribution in [3.8, 4) is 0 Å². The fourth-order valence-corrected chi connectivity index (χ4v) is 3.38. The lowest BCUT2D eigenvalue weighted by Crippen LogP contribution is -2.35. The van der Waals surface area contributed by atoms with E-state index in [4.69, 9.17) is 11.6 Å². The van der Waals surface area contributed by atoms with Gasteiger partial charge in [0, 0.05) is 17.8 Å². The van der Waals surface area contributed by atoms with E-state index < -0.39 is 6.10 Å². The summed E-state index contributed by atoms with van der Waals surface area (Å²) in [6, 6.07) is 11.6. The van der Waals surface area contributed by atoms with Crippen LogP contribution in [-0.2, 0) is 6.54 Å². The van der Waals surface area contributed by atoms with Gasteiger partial charge in [0.1, 0.15) is 0 Å². The van der Waals surface area contributed by atoms with Gasteiger partial charge in [-0.05, 0) is 68.1 Å². The number of rotatable bonds is 4. The summed E-state index contributed by atoms with van der Waals surface area (Å²) in [5.41, 5.74) is 3.37. The molecule has 1 unspecified atom stereocenters. The first-order chi connectivity index (χ1) is 11.1. The number of aliphatic hydroxyl groups is 1. The van der Waals surface area contributed by atoms with Crippen LogP contribution in [0.15, 0.2) is 42.6 Å². The van der Waals surface area contributed by atoms with Crippen LogP contribution < -0.4 is 0 Å². The van der Waals surface area contributed by atoms with Gasteiger partial charge in [-0.1, -0.05) is 29.8 Å². The van der Waals surface area contributed by atoms with E-state index in [2.05, 4.69) is 22.9 Å². The minimum absolute atomic E-state index is 0.317. The molecule has 1 atom stereocenters. The predicted molar refractivity (Wildman–Crippen MR) is 93.4 cm³/mol. The van der Waals surface area contributed by atoms with Crippen LogP contribution in [0.4, 0.5) is 0 Å². The summed E-state index contributed by atoms with van der Waals surface area (Å²) in [5, 5.41) is 11.3. The van der Waals surface area contributed by atoms with E-state index in [0.29, 0.717) is 10.9 Å². The highest BCUT2D eigenvalue weighted by atomic mass is 35.5. The van der Waals surface area contributed by atoms with Crippen LogP contribution >= 0.6 is 11.6 Å². The Labute approximate surface area is 142 Å². The van der Waals surface area contributed by atoms with Crippen molar-refractivity contribution < 1.29 is 5.11 Å². The molecule has 0 aliphatic carbocycles. The Morgan fingerprint density at radius 3 is 2.57 bits per heavy atom. The van der Waals surface area contributed by atoms with Gasteiger partial charge in [-0.15, -0.1) is 0 Å². The van der Waals surface area contributed by atoms with Gasteiger partial charge >= 0.3 is 0 Å².